The van der Waals surface area contributed by atoms with Crippen LogP contribution in [0.2, 0.25) is 0 Å². The predicted octanol–water partition coefficient (Wildman–Crippen LogP) is 2.83. The van der Waals surface area contributed by atoms with Crippen LogP contribution in [0.1, 0.15) is 43.7 Å². The maximum absolute atomic E-state index is 13.4. The number of pyridine rings is 1. The Labute approximate surface area is 188 Å². The summed E-state index contributed by atoms with van der Waals surface area (Å²) >= 11 is 0. The highest BCUT2D eigenvalue weighted by Crippen LogP contribution is 2.47. The zero-order valence-electron chi connectivity index (χ0n) is 18.8. The number of benzene rings is 1. The summed E-state index contributed by atoms with van der Waals surface area (Å²) in [5.74, 6) is -0.0352. The molecule has 1 atom stereocenters. The molecule has 0 amide bonds. The van der Waals surface area contributed by atoms with Gasteiger partial charge in [-0.3, -0.25) is 19.4 Å². The molecule has 1 aliphatic carbocycles. The number of rotatable bonds is 3. The number of carbonyl (C=O) groups excluding carboxylic acids is 1. The average Bonchev–Trinajstić information content (AvgIpc) is 2.75. The molecular formula is C24H24N4O5. The van der Waals surface area contributed by atoms with Crippen LogP contribution in [0.3, 0.4) is 0 Å². The Morgan fingerprint density at radius 1 is 1.00 bits per heavy atom. The number of anilines is 1. The largest absolute Gasteiger partial charge is 0.497 e. The Morgan fingerprint density at radius 2 is 1.79 bits per heavy atom. The van der Waals surface area contributed by atoms with Crippen LogP contribution in [-0.2, 0) is 4.79 Å². The number of fused-ring (bicyclic) bond motifs is 2. The van der Waals surface area contributed by atoms with Crippen LogP contribution in [0.4, 0.5) is 5.82 Å². The summed E-state index contributed by atoms with van der Waals surface area (Å²) in [4.78, 5) is 49.6. The fraction of sp³-hybridized carbons (Fsp3) is 0.333. The molecule has 3 N–H and O–H groups in total. The first-order valence-corrected chi connectivity index (χ1v) is 10.6. The molecule has 1 aromatic carbocycles. The van der Waals surface area contributed by atoms with Crippen molar-refractivity contribution in [3.8, 4) is 11.8 Å². The molecule has 1 aliphatic heterocycles. The third kappa shape index (κ3) is 3.40. The topological polar surface area (TPSA) is 126 Å². The molecular weight excluding hydrogens is 424 g/mol. The van der Waals surface area contributed by atoms with Gasteiger partial charge in [0.1, 0.15) is 11.6 Å². The lowest BCUT2D eigenvalue weighted by atomic mass is 9.69. The van der Waals surface area contributed by atoms with E-state index in [0.29, 0.717) is 40.9 Å². The van der Waals surface area contributed by atoms with E-state index in [-0.39, 0.29) is 34.1 Å². The van der Waals surface area contributed by atoms with Crippen LogP contribution in [0.5, 0.6) is 11.8 Å². The molecule has 5 rings (SSSR count). The zero-order valence-corrected chi connectivity index (χ0v) is 18.8. The molecule has 170 valence electrons. The van der Waals surface area contributed by atoms with Gasteiger partial charge in [0.15, 0.2) is 5.78 Å². The van der Waals surface area contributed by atoms with E-state index in [4.69, 9.17) is 9.47 Å². The standard InChI is InChI=1S/C24H24N4O5/c1-24(2)9-15-18(16(29)10-24)17(19-20(25-15)27-23(33-4)28-22(19)31)13-8-11-7-12(32-3)5-6-14(11)26-21(13)30/h5-8,17H,9-10H2,1-4H3,(H,26,30)(H2,25,27,28,31). The van der Waals surface area contributed by atoms with Crippen LogP contribution in [0.25, 0.3) is 10.9 Å². The lowest BCUT2D eigenvalue weighted by molar-refractivity contribution is -0.118. The summed E-state index contributed by atoms with van der Waals surface area (Å²) in [5, 5.41) is 3.92. The second-order valence-corrected chi connectivity index (χ2v) is 9.24. The summed E-state index contributed by atoms with van der Waals surface area (Å²) in [6.07, 6.45) is 0.903. The molecule has 0 fully saturated rings. The Morgan fingerprint density at radius 3 is 2.52 bits per heavy atom. The molecule has 3 aromatic rings. The Balaban J connectivity index is 1.82. The molecule has 0 radical (unpaired) electrons. The van der Waals surface area contributed by atoms with Crippen LogP contribution in [-0.4, -0.2) is 35.0 Å². The van der Waals surface area contributed by atoms with Crippen molar-refractivity contribution in [2.75, 3.05) is 19.5 Å². The van der Waals surface area contributed by atoms with Crippen molar-refractivity contribution in [1.82, 2.24) is 15.0 Å². The second kappa shape index (κ2) is 7.33. The summed E-state index contributed by atoms with van der Waals surface area (Å²) in [6.45, 7) is 4.03. The number of nitrogens with one attached hydrogen (secondary N) is 3. The van der Waals surface area contributed by atoms with Gasteiger partial charge in [0, 0.05) is 34.2 Å². The molecule has 1 unspecified atom stereocenters. The monoisotopic (exact) mass is 448 g/mol. The lowest BCUT2D eigenvalue weighted by Gasteiger charge is -2.38. The van der Waals surface area contributed by atoms with Gasteiger partial charge >= 0.3 is 0 Å². The molecule has 3 heterocycles. The van der Waals surface area contributed by atoms with Crippen molar-refractivity contribution in [1.29, 1.82) is 0 Å². The number of Topliss-reactive ketones (excluding diaryl/α,β-unsaturated/α-hetero) is 1. The number of ketones is 1. The molecule has 0 saturated carbocycles. The Bertz CT molecular complexity index is 1460. The van der Waals surface area contributed by atoms with Crippen LogP contribution in [0.15, 0.2) is 45.1 Å². The van der Waals surface area contributed by atoms with E-state index in [1.807, 2.05) is 13.8 Å². The fourth-order valence-corrected chi connectivity index (χ4v) is 4.84. The Hall–Kier alpha value is -3.88. The highest BCUT2D eigenvalue weighted by molar-refractivity contribution is 6.01. The highest BCUT2D eigenvalue weighted by Gasteiger charge is 2.43. The van der Waals surface area contributed by atoms with E-state index in [9.17, 15) is 14.4 Å². The number of carbonyl (C=O) groups is 1. The molecule has 2 aliphatic rings. The third-order valence-corrected chi connectivity index (χ3v) is 6.28. The van der Waals surface area contributed by atoms with Gasteiger partial charge in [-0.1, -0.05) is 13.8 Å². The van der Waals surface area contributed by atoms with E-state index in [0.717, 1.165) is 5.39 Å². The predicted molar refractivity (Wildman–Crippen MR) is 123 cm³/mol. The number of nitrogens with zero attached hydrogens (tertiary/aromatic N) is 1. The maximum Gasteiger partial charge on any atom is 0.298 e. The quantitative estimate of drug-likeness (QED) is 0.562. The maximum atomic E-state index is 13.4. The van der Waals surface area contributed by atoms with Crippen molar-refractivity contribution >= 4 is 22.5 Å². The number of allylic oxidation sites excluding steroid dienone is 2. The summed E-state index contributed by atoms with van der Waals surface area (Å²) in [7, 11) is 2.97. The summed E-state index contributed by atoms with van der Waals surface area (Å²) < 4.78 is 10.5. The minimum absolute atomic E-state index is 0.0487. The SMILES string of the molecule is COc1ccc2[nH]c(=O)c(C3C4=C(CC(C)(C)CC4=O)Nc4nc(OC)[nH]c(=O)c43)cc2c1. The minimum Gasteiger partial charge on any atom is -0.497 e. The first-order chi connectivity index (χ1) is 15.7. The van der Waals surface area contributed by atoms with Crippen molar-refractivity contribution in [2.24, 2.45) is 5.41 Å². The molecule has 0 saturated heterocycles. The van der Waals surface area contributed by atoms with E-state index >= 15 is 0 Å². The van der Waals surface area contributed by atoms with Gasteiger partial charge in [0.2, 0.25) is 0 Å². The average molecular weight is 448 g/mol. The number of hydrogen-bond acceptors (Lipinski definition) is 7. The van der Waals surface area contributed by atoms with Gasteiger partial charge in [-0.2, -0.15) is 4.98 Å². The molecule has 0 spiro atoms. The fourth-order valence-electron chi connectivity index (χ4n) is 4.84. The second-order valence-electron chi connectivity index (χ2n) is 9.24. The van der Waals surface area contributed by atoms with Crippen LogP contribution >= 0.6 is 0 Å². The van der Waals surface area contributed by atoms with Gasteiger partial charge in [-0.05, 0) is 36.1 Å². The van der Waals surface area contributed by atoms with Crippen LogP contribution in [0, 0.1) is 5.41 Å². The number of aromatic nitrogens is 3. The summed E-state index contributed by atoms with van der Waals surface area (Å²) in [5.41, 5.74) is 1.16. The highest BCUT2D eigenvalue weighted by atomic mass is 16.5. The number of aromatic amines is 2. The number of H-pyrrole nitrogens is 2. The van der Waals surface area contributed by atoms with Crippen molar-refractivity contribution < 1.29 is 14.3 Å². The van der Waals surface area contributed by atoms with Gasteiger partial charge in [-0.15, -0.1) is 0 Å². The zero-order chi connectivity index (χ0) is 23.5. The van der Waals surface area contributed by atoms with E-state index < -0.39 is 11.5 Å². The van der Waals surface area contributed by atoms with Gasteiger partial charge in [0.05, 0.1) is 25.7 Å². The minimum atomic E-state index is -0.860. The number of ether oxygens (including phenoxy) is 2. The van der Waals surface area contributed by atoms with E-state index in [1.54, 1.807) is 31.4 Å². The molecule has 33 heavy (non-hydrogen) atoms. The van der Waals surface area contributed by atoms with Gasteiger partial charge < -0.3 is 19.8 Å². The van der Waals surface area contributed by atoms with Crippen molar-refractivity contribution in [3.05, 3.63) is 67.4 Å². The molecule has 9 heteroatoms. The van der Waals surface area contributed by atoms with Crippen LogP contribution < -0.4 is 25.9 Å². The number of methoxy groups -OCH3 is 2. The Kier molecular flexibility index (Phi) is 4.66. The molecule has 2 aromatic heterocycles. The normalized spacial score (nSPS) is 19.0. The van der Waals surface area contributed by atoms with E-state index in [1.165, 1.54) is 7.11 Å². The van der Waals surface area contributed by atoms with E-state index in [2.05, 4.69) is 20.3 Å². The van der Waals surface area contributed by atoms with Gasteiger partial charge in [-0.25, -0.2) is 0 Å². The van der Waals surface area contributed by atoms with Crippen molar-refractivity contribution in [3.63, 3.8) is 0 Å². The third-order valence-electron chi connectivity index (χ3n) is 6.28. The van der Waals surface area contributed by atoms with Gasteiger partial charge in [0.25, 0.3) is 17.1 Å². The molecule has 0 bridgehead atoms. The summed E-state index contributed by atoms with van der Waals surface area (Å²) in [6, 6.07) is 7.08. The first-order valence-electron chi connectivity index (χ1n) is 10.6. The molecule has 9 nitrogen and oxygen atoms in total. The number of hydrogen-bond donors (Lipinski definition) is 3. The first kappa shape index (κ1) is 21.0. The van der Waals surface area contributed by atoms with Crippen molar-refractivity contribution in [2.45, 2.75) is 32.6 Å². The lowest BCUT2D eigenvalue weighted by Crippen LogP contribution is -2.38. The smallest absolute Gasteiger partial charge is 0.298 e.